The van der Waals surface area contributed by atoms with Gasteiger partial charge in [-0.2, -0.15) is 13.2 Å². The fourth-order valence-electron chi connectivity index (χ4n) is 3.53. The van der Waals surface area contributed by atoms with Crippen LogP contribution < -0.4 is 9.64 Å². The zero-order valence-corrected chi connectivity index (χ0v) is 20.8. The number of aliphatic carboxylic acids is 1. The van der Waals surface area contributed by atoms with Crippen LogP contribution >= 0.6 is 0 Å². The molecule has 36 heavy (non-hydrogen) atoms. The van der Waals surface area contributed by atoms with Crippen molar-refractivity contribution >= 4 is 11.9 Å². The second-order valence-corrected chi connectivity index (χ2v) is 9.13. The van der Waals surface area contributed by atoms with Crippen molar-refractivity contribution in [2.24, 2.45) is 0 Å². The van der Waals surface area contributed by atoms with Gasteiger partial charge >= 0.3 is 12.1 Å². The highest BCUT2D eigenvalue weighted by atomic mass is 19.4. The molecule has 1 heterocycles. The molecular weight excluding hydrogens is 471 g/mol. The van der Waals surface area contributed by atoms with E-state index in [4.69, 9.17) is 4.74 Å². The Balaban J connectivity index is 1.78. The van der Waals surface area contributed by atoms with Crippen LogP contribution in [0.25, 0.3) is 0 Å². The van der Waals surface area contributed by atoms with Crippen LogP contribution in [0.1, 0.15) is 48.6 Å². The van der Waals surface area contributed by atoms with E-state index in [0.717, 1.165) is 35.2 Å². The number of carboxylic acid groups (broad SMARTS) is 1. The monoisotopic (exact) mass is 501 g/mol. The van der Waals surface area contributed by atoms with Crippen molar-refractivity contribution in [2.75, 3.05) is 11.4 Å². The number of alkyl halides is 3. The fraction of sp³-hybridized carbons (Fsp3) is 0.370. The first kappa shape index (κ1) is 27.0. The van der Waals surface area contributed by atoms with Gasteiger partial charge in [-0.05, 0) is 74.1 Å². The molecule has 0 aliphatic carbocycles. The van der Waals surface area contributed by atoms with Gasteiger partial charge in [-0.1, -0.05) is 31.2 Å². The lowest BCUT2D eigenvalue weighted by Crippen LogP contribution is -2.38. The highest BCUT2D eigenvalue weighted by molar-refractivity contribution is 5.76. The smallest absolute Gasteiger partial charge is 0.416 e. The Bertz CT molecular complexity index is 1180. The van der Waals surface area contributed by atoms with E-state index in [9.17, 15) is 23.1 Å². The van der Waals surface area contributed by atoms with Crippen LogP contribution in [0.4, 0.5) is 19.1 Å². The Hall–Kier alpha value is -3.62. The molecule has 0 atom stereocenters. The summed E-state index contributed by atoms with van der Waals surface area (Å²) in [5, 5.41) is 9.31. The molecule has 9 heteroatoms. The van der Waals surface area contributed by atoms with Gasteiger partial charge in [0.05, 0.1) is 5.56 Å². The molecule has 0 fully saturated rings. The lowest BCUT2D eigenvalue weighted by atomic mass is 10.1. The summed E-state index contributed by atoms with van der Waals surface area (Å²) in [4.78, 5) is 22.2. The number of aromatic nitrogens is 2. The third-order valence-electron chi connectivity index (χ3n) is 5.83. The van der Waals surface area contributed by atoms with Gasteiger partial charge in [0.25, 0.3) is 0 Å². The molecule has 2 aromatic carbocycles. The molecule has 0 spiro atoms. The van der Waals surface area contributed by atoms with Crippen molar-refractivity contribution in [3.05, 3.63) is 82.7 Å². The molecular formula is C27H30F3N3O3. The van der Waals surface area contributed by atoms with Gasteiger partial charge in [0, 0.05) is 25.5 Å². The number of carboxylic acids is 1. The number of carbonyl (C=O) groups is 1. The number of ether oxygens (including phenoxy) is 1. The summed E-state index contributed by atoms with van der Waals surface area (Å²) in [6.45, 7) is 7.70. The molecule has 6 nitrogen and oxygen atoms in total. The third kappa shape index (κ3) is 6.96. The van der Waals surface area contributed by atoms with Crippen molar-refractivity contribution in [1.82, 2.24) is 9.97 Å². The molecule has 0 aliphatic heterocycles. The number of benzene rings is 2. The summed E-state index contributed by atoms with van der Waals surface area (Å²) >= 11 is 0. The molecule has 192 valence electrons. The van der Waals surface area contributed by atoms with Crippen molar-refractivity contribution in [2.45, 2.75) is 58.9 Å². The number of nitrogens with zero attached hydrogens (tertiary/aromatic N) is 3. The minimum atomic E-state index is -4.38. The number of halogens is 3. The topological polar surface area (TPSA) is 75.6 Å². The predicted molar refractivity (Wildman–Crippen MR) is 131 cm³/mol. The van der Waals surface area contributed by atoms with Crippen molar-refractivity contribution in [3.8, 4) is 5.75 Å². The molecule has 3 aromatic rings. The average molecular weight is 502 g/mol. The van der Waals surface area contributed by atoms with Crippen LogP contribution in [0.5, 0.6) is 5.75 Å². The molecule has 3 rings (SSSR count). The SMILES string of the molecule is CCc1cnc(N(CCc2ccc(OC(C)(C)C(=O)O)c(C)c2)Cc2ccc(C(F)(F)F)cc2)nc1. The van der Waals surface area contributed by atoms with Crippen LogP contribution in [0.2, 0.25) is 0 Å². The predicted octanol–water partition coefficient (Wildman–Crippen LogP) is 5.86. The summed E-state index contributed by atoms with van der Waals surface area (Å²) < 4.78 is 44.5. The minimum absolute atomic E-state index is 0.344. The minimum Gasteiger partial charge on any atom is -0.478 e. The first-order chi connectivity index (χ1) is 16.9. The average Bonchev–Trinajstić information content (AvgIpc) is 2.83. The van der Waals surface area contributed by atoms with E-state index >= 15 is 0 Å². The van der Waals surface area contributed by atoms with Gasteiger partial charge < -0.3 is 14.7 Å². The quantitative estimate of drug-likeness (QED) is 0.375. The van der Waals surface area contributed by atoms with Crippen molar-refractivity contribution in [3.63, 3.8) is 0 Å². The van der Waals surface area contributed by atoms with Gasteiger partial charge in [0.15, 0.2) is 5.60 Å². The van der Waals surface area contributed by atoms with E-state index in [1.807, 2.05) is 30.9 Å². The van der Waals surface area contributed by atoms with E-state index in [2.05, 4.69) is 9.97 Å². The lowest BCUT2D eigenvalue weighted by molar-refractivity contribution is -0.152. The summed E-state index contributed by atoms with van der Waals surface area (Å²) in [6, 6.07) is 10.7. The number of hydrogen-bond donors (Lipinski definition) is 1. The zero-order chi connectivity index (χ0) is 26.5. The van der Waals surface area contributed by atoms with Gasteiger partial charge in [0.2, 0.25) is 5.95 Å². The van der Waals surface area contributed by atoms with Gasteiger partial charge in [0.1, 0.15) is 5.75 Å². The third-order valence-corrected chi connectivity index (χ3v) is 5.83. The Morgan fingerprint density at radius 3 is 2.14 bits per heavy atom. The van der Waals surface area contributed by atoms with Crippen LogP contribution in [0, 0.1) is 6.92 Å². The molecule has 0 radical (unpaired) electrons. The molecule has 1 N–H and O–H groups in total. The standard InChI is InChI=1S/C27H30F3N3O3/c1-5-19-15-31-25(32-16-19)33(17-21-6-9-22(10-7-21)27(28,29)30)13-12-20-8-11-23(18(2)14-20)36-26(3,4)24(34)35/h6-11,14-16H,5,12-13,17H2,1-4H3,(H,34,35). The van der Waals surface area contributed by atoms with Gasteiger partial charge in [-0.3, -0.25) is 0 Å². The van der Waals surface area contributed by atoms with E-state index in [1.165, 1.54) is 26.0 Å². The first-order valence-corrected chi connectivity index (χ1v) is 11.6. The maximum atomic E-state index is 12.9. The highest BCUT2D eigenvalue weighted by Gasteiger charge is 2.30. The lowest BCUT2D eigenvalue weighted by Gasteiger charge is -2.24. The molecule has 0 unspecified atom stereocenters. The summed E-state index contributed by atoms with van der Waals surface area (Å²) in [7, 11) is 0. The van der Waals surface area contributed by atoms with E-state index < -0.39 is 23.3 Å². The van der Waals surface area contributed by atoms with E-state index in [-0.39, 0.29) is 0 Å². The van der Waals surface area contributed by atoms with E-state index in [0.29, 0.717) is 36.8 Å². The largest absolute Gasteiger partial charge is 0.478 e. The Morgan fingerprint density at radius 2 is 1.61 bits per heavy atom. The zero-order valence-electron chi connectivity index (χ0n) is 20.8. The number of rotatable bonds is 10. The van der Waals surface area contributed by atoms with Crippen LogP contribution in [-0.2, 0) is 30.4 Å². The number of aryl methyl sites for hydroxylation is 2. The molecule has 0 saturated carbocycles. The Labute approximate surface area is 208 Å². The summed E-state index contributed by atoms with van der Waals surface area (Å²) in [6.07, 6.45) is 0.532. The first-order valence-electron chi connectivity index (χ1n) is 11.6. The summed E-state index contributed by atoms with van der Waals surface area (Å²) in [5.74, 6) is -0.0720. The number of anilines is 1. The maximum absolute atomic E-state index is 12.9. The number of hydrogen-bond acceptors (Lipinski definition) is 5. The van der Waals surface area contributed by atoms with Gasteiger partial charge in [-0.15, -0.1) is 0 Å². The van der Waals surface area contributed by atoms with Crippen LogP contribution in [-0.4, -0.2) is 33.2 Å². The second kappa shape index (κ2) is 11.0. The molecule has 1 aromatic heterocycles. The normalized spacial score (nSPS) is 11.9. The molecule has 0 aliphatic rings. The van der Waals surface area contributed by atoms with Crippen molar-refractivity contribution in [1.29, 1.82) is 0 Å². The van der Waals surface area contributed by atoms with Gasteiger partial charge in [-0.25, -0.2) is 14.8 Å². The summed E-state index contributed by atoms with van der Waals surface area (Å²) in [5.41, 5.74) is 1.46. The fourth-order valence-corrected chi connectivity index (χ4v) is 3.53. The van der Waals surface area contributed by atoms with Crippen molar-refractivity contribution < 1.29 is 27.8 Å². The molecule has 0 amide bonds. The Morgan fingerprint density at radius 1 is 1.00 bits per heavy atom. The highest BCUT2D eigenvalue weighted by Crippen LogP contribution is 2.29. The second-order valence-electron chi connectivity index (χ2n) is 9.13. The maximum Gasteiger partial charge on any atom is 0.416 e. The molecule has 0 bridgehead atoms. The van der Waals surface area contributed by atoms with Crippen LogP contribution in [0.3, 0.4) is 0 Å². The van der Waals surface area contributed by atoms with Crippen LogP contribution in [0.15, 0.2) is 54.9 Å². The molecule has 0 saturated heterocycles. The van der Waals surface area contributed by atoms with E-state index in [1.54, 1.807) is 18.5 Å². The Kier molecular flexibility index (Phi) is 8.22.